The maximum atomic E-state index is 13.1. The van der Waals surface area contributed by atoms with Crippen molar-refractivity contribution in [2.24, 2.45) is 0 Å². The molecule has 17 heavy (non-hydrogen) atoms. The summed E-state index contributed by atoms with van der Waals surface area (Å²) in [5.41, 5.74) is 0.659. The minimum atomic E-state index is -0.351. The fraction of sp³-hybridized carbons (Fsp3) is 0.167. The summed E-state index contributed by atoms with van der Waals surface area (Å²) in [6.07, 6.45) is 0. The third-order valence-electron chi connectivity index (χ3n) is 2.27. The Balaban J connectivity index is 2.15. The average Bonchev–Trinajstić information content (AvgIpc) is 2.63. The first-order valence-electron chi connectivity index (χ1n) is 5.02. The fourth-order valence-corrected chi connectivity index (χ4v) is 2.80. The summed E-state index contributed by atoms with van der Waals surface area (Å²) in [7, 11) is 0. The highest BCUT2D eigenvalue weighted by Gasteiger charge is 2.09. The largest absolute Gasteiger partial charge is 0.378 e. The van der Waals surface area contributed by atoms with Crippen molar-refractivity contribution < 1.29 is 4.39 Å². The second-order valence-corrected chi connectivity index (χ2v) is 5.85. The van der Waals surface area contributed by atoms with Crippen molar-refractivity contribution in [3.05, 3.63) is 50.4 Å². The van der Waals surface area contributed by atoms with Gasteiger partial charge in [0, 0.05) is 15.6 Å². The molecule has 2 rings (SSSR count). The molecule has 1 aromatic carbocycles. The molecule has 0 saturated heterocycles. The number of nitrogens with one attached hydrogen (secondary N) is 1. The number of halogens is 3. The topological polar surface area (TPSA) is 12.0 Å². The van der Waals surface area contributed by atoms with Crippen LogP contribution < -0.4 is 5.32 Å². The van der Waals surface area contributed by atoms with E-state index in [-0.39, 0.29) is 11.9 Å². The zero-order chi connectivity index (χ0) is 12.4. The van der Waals surface area contributed by atoms with E-state index in [1.54, 1.807) is 6.07 Å². The second kappa shape index (κ2) is 5.25. The molecule has 0 aliphatic carbocycles. The third-order valence-corrected chi connectivity index (χ3v) is 3.90. The van der Waals surface area contributed by atoms with Crippen molar-refractivity contribution in [2.45, 2.75) is 13.0 Å². The second-order valence-electron chi connectivity index (χ2n) is 3.67. The Morgan fingerprint density at radius 2 is 2.00 bits per heavy atom. The van der Waals surface area contributed by atoms with Crippen LogP contribution >= 0.6 is 34.5 Å². The Morgan fingerprint density at radius 1 is 1.24 bits per heavy atom. The summed E-state index contributed by atoms with van der Waals surface area (Å²) in [6.45, 7) is 1.99. The highest BCUT2D eigenvalue weighted by Crippen LogP contribution is 2.29. The van der Waals surface area contributed by atoms with E-state index >= 15 is 0 Å². The van der Waals surface area contributed by atoms with Gasteiger partial charge in [-0.1, -0.05) is 23.2 Å². The Hall–Kier alpha value is -0.770. The highest BCUT2D eigenvalue weighted by atomic mass is 35.5. The van der Waals surface area contributed by atoms with Crippen molar-refractivity contribution >= 4 is 40.2 Å². The molecule has 1 atom stereocenters. The molecule has 0 aliphatic rings. The van der Waals surface area contributed by atoms with Gasteiger partial charge >= 0.3 is 0 Å². The normalized spacial score (nSPS) is 12.5. The van der Waals surface area contributed by atoms with Crippen LogP contribution in [0.1, 0.15) is 17.8 Å². The lowest BCUT2D eigenvalue weighted by Crippen LogP contribution is -2.04. The van der Waals surface area contributed by atoms with Crippen LogP contribution in [0.3, 0.4) is 0 Å². The summed E-state index contributed by atoms with van der Waals surface area (Å²) in [5.74, 6) is -0.351. The van der Waals surface area contributed by atoms with Gasteiger partial charge in [-0.15, -0.1) is 11.3 Å². The molecule has 1 N–H and O–H groups in total. The predicted molar refractivity (Wildman–Crippen MR) is 72.8 cm³/mol. The van der Waals surface area contributed by atoms with E-state index in [9.17, 15) is 4.39 Å². The van der Waals surface area contributed by atoms with Crippen LogP contribution in [0.4, 0.5) is 10.1 Å². The number of hydrogen-bond acceptors (Lipinski definition) is 2. The lowest BCUT2D eigenvalue weighted by atomic mass is 10.2. The third kappa shape index (κ3) is 3.35. The van der Waals surface area contributed by atoms with Gasteiger partial charge in [0.2, 0.25) is 0 Å². The molecule has 0 radical (unpaired) electrons. The predicted octanol–water partition coefficient (Wildman–Crippen LogP) is 5.37. The molecule has 0 spiro atoms. The van der Waals surface area contributed by atoms with Crippen molar-refractivity contribution in [1.29, 1.82) is 0 Å². The molecule has 0 saturated carbocycles. The summed E-state index contributed by atoms with van der Waals surface area (Å²) in [4.78, 5) is 1.09. The molecule has 90 valence electrons. The molecule has 0 fully saturated rings. The molecule has 1 heterocycles. The van der Waals surface area contributed by atoms with Gasteiger partial charge in [0.15, 0.2) is 0 Å². The van der Waals surface area contributed by atoms with Gasteiger partial charge in [0.05, 0.1) is 10.4 Å². The first-order chi connectivity index (χ1) is 8.04. The van der Waals surface area contributed by atoms with Crippen LogP contribution in [0.25, 0.3) is 0 Å². The summed E-state index contributed by atoms with van der Waals surface area (Å²) >= 11 is 13.2. The van der Waals surface area contributed by atoms with Gasteiger partial charge in [-0.05, 0) is 37.3 Å². The van der Waals surface area contributed by atoms with Crippen LogP contribution in [-0.2, 0) is 0 Å². The monoisotopic (exact) mass is 289 g/mol. The Kier molecular flexibility index (Phi) is 3.92. The molecule has 1 nitrogen and oxygen atoms in total. The van der Waals surface area contributed by atoms with E-state index < -0.39 is 0 Å². The van der Waals surface area contributed by atoms with Crippen LogP contribution in [0.15, 0.2) is 30.3 Å². The zero-order valence-corrected chi connectivity index (χ0v) is 11.3. The highest BCUT2D eigenvalue weighted by molar-refractivity contribution is 7.16. The Labute approximate surface area is 113 Å². The SMILES string of the molecule is CC(Nc1cc(F)cc(Cl)c1)c1ccc(Cl)s1. The van der Waals surface area contributed by atoms with Crippen LogP contribution in [0.2, 0.25) is 9.36 Å². The van der Waals surface area contributed by atoms with Gasteiger partial charge < -0.3 is 5.32 Å². The van der Waals surface area contributed by atoms with Gasteiger partial charge in [-0.2, -0.15) is 0 Å². The van der Waals surface area contributed by atoms with Crippen molar-refractivity contribution in [3.63, 3.8) is 0 Å². The summed E-state index contributed by atoms with van der Waals surface area (Å²) in [5, 5.41) is 3.56. The minimum Gasteiger partial charge on any atom is -0.378 e. The summed E-state index contributed by atoms with van der Waals surface area (Å²) < 4.78 is 13.9. The van der Waals surface area contributed by atoms with Crippen LogP contribution in [0.5, 0.6) is 0 Å². The standard InChI is InChI=1S/C12H10Cl2FNS/c1-7(11-2-3-12(14)17-11)16-10-5-8(13)4-9(15)6-10/h2-7,16H,1H3. The fourth-order valence-electron chi connectivity index (χ4n) is 1.52. The first-order valence-corrected chi connectivity index (χ1v) is 6.60. The van der Waals surface area contributed by atoms with E-state index in [1.807, 2.05) is 19.1 Å². The molecule has 0 bridgehead atoms. The lowest BCUT2D eigenvalue weighted by molar-refractivity contribution is 0.628. The summed E-state index contributed by atoms with van der Waals surface area (Å²) in [6, 6.07) is 8.24. The molecule has 0 amide bonds. The smallest absolute Gasteiger partial charge is 0.126 e. The van der Waals surface area contributed by atoms with Gasteiger partial charge in [0.25, 0.3) is 0 Å². The quantitative estimate of drug-likeness (QED) is 0.801. The van der Waals surface area contributed by atoms with Crippen molar-refractivity contribution in [2.75, 3.05) is 5.32 Å². The van der Waals surface area contributed by atoms with Gasteiger partial charge in [-0.3, -0.25) is 0 Å². The van der Waals surface area contributed by atoms with Gasteiger partial charge in [0.1, 0.15) is 5.82 Å². The molecule has 0 aliphatic heterocycles. The van der Waals surface area contributed by atoms with E-state index in [4.69, 9.17) is 23.2 Å². The molecule has 2 aromatic rings. The lowest BCUT2D eigenvalue weighted by Gasteiger charge is -2.13. The van der Waals surface area contributed by atoms with E-state index in [2.05, 4.69) is 5.32 Å². The first kappa shape index (κ1) is 12.7. The molecule has 1 aromatic heterocycles. The van der Waals surface area contributed by atoms with Gasteiger partial charge in [-0.25, -0.2) is 4.39 Å². The van der Waals surface area contributed by atoms with Crippen molar-refractivity contribution in [1.82, 2.24) is 0 Å². The molecule has 1 unspecified atom stereocenters. The Morgan fingerprint density at radius 3 is 2.59 bits per heavy atom. The Bertz CT molecular complexity index is 507. The maximum absolute atomic E-state index is 13.1. The maximum Gasteiger partial charge on any atom is 0.126 e. The number of thiophene rings is 1. The molecular formula is C12H10Cl2FNS. The van der Waals surface area contributed by atoms with Crippen molar-refractivity contribution in [3.8, 4) is 0 Å². The van der Waals surface area contributed by atoms with Crippen LogP contribution in [0, 0.1) is 5.82 Å². The molecular weight excluding hydrogens is 280 g/mol. The zero-order valence-electron chi connectivity index (χ0n) is 9.01. The number of rotatable bonds is 3. The number of anilines is 1. The number of benzene rings is 1. The van der Waals surface area contributed by atoms with E-state index in [1.165, 1.54) is 23.5 Å². The van der Waals surface area contributed by atoms with E-state index in [0.717, 1.165) is 9.21 Å². The molecule has 5 heteroatoms. The van der Waals surface area contributed by atoms with Crippen LogP contribution in [-0.4, -0.2) is 0 Å². The number of hydrogen-bond donors (Lipinski definition) is 1. The minimum absolute atomic E-state index is 0.0605. The average molecular weight is 290 g/mol. The van der Waals surface area contributed by atoms with E-state index in [0.29, 0.717) is 10.7 Å².